The van der Waals surface area contributed by atoms with Crippen molar-refractivity contribution >= 4 is 23.6 Å². The molecule has 25 heavy (non-hydrogen) atoms. The number of amides is 1. The van der Waals surface area contributed by atoms with Gasteiger partial charge in [-0.25, -0.2) is 0 Å². The minimum Gasteiger partial charge on any atom is -0.493 e. The first-order valence-corrected chi connectivity index (χ1v) is 7.96. The maximum Gasteiger partial charge on any atom is 0.244 e. The Morgan fingerprint density at radius 1 is 1.04 bits per heavy atom. The molecule has 0 bridgehead atoms. The van der Waals surface area contributed by atoms with Crippen molar-refractivity contribution < 1.29 is 19.0 Å². The van der Waals surface area contributed by atoms with Gasteiger partial charge in [-0.15, -0.1) is 0 Å². The van der Waals surface area contributed by atoms with Crippen molar-refractivity contribution in [2.24, 2.45) is 0 Å². The van der Waals surface area contributed by atoms with Gasteiger partial charge in [-0.3, -0.25) is 4.79 Å². The van der Waals surface area contributed by atoms with Gasteiger partial charge in [0.2, 0.25) is 11.7 Å². The van der Waals surface area contributed by atoms with Crippen LogP contribution < -0.4 is 19.5 Å². The molecule has 0 atom stereocenters. The third-order valence-electron chi connectivity index (χ3n) is 3.56. The fraction of sp³-hybridized carbons (Fsp3) is 0.211. The number of carbonyl (C=O) groups excluding carboxylic acids is 1. The van der Waals surface area contributed by atoms with Gasteiger partial charge in [0.15, 0.2) is 11.5 Å². The number of carbonyl (C=O) groups is 1. The van der Waals surface area contributed by atoms with E-state index in [-0.39, 0.29) is 5.91 Å². The molecule has 2 aromatic carbocycles. The van der Waals surface area contributed by atoms with Gasteiger partial charge in [0.25, 0.3) is 0 Å². The summed E-state index contributed by atoms with van der Waals surface area (Å²) in [6.07, 6.45) is 3.09. The van der Waals surface area contributed by atoms with Crippen LogP contribution in [0.15, 0.2) is 42.5 Å². The van der Waals surface area contributed by atoms with E-state index in [9.17, 15) is 4.79 Å². The predicted octanol–water partition coefficient (Wildman–Crippen LogP) is 3.70. The van der Waals surface area contributed by atoms with E-state index in [1.807, 2.05) is 18.2 Å². The predicted molar refractivity (Wildman–Crippen MR) is 98.4 cm³/mol. The monoisotopic (exact) mass is 361 g/mol. The van der Waals surface area contributed by atoms with Crippen LogP contribution in [0.4, 0.5) is 0 Å². The fourth-order valence-corrected chi connectivity index (χ4v) is 2.51. The summed E-state index contributed by atoms with van der Waals surface area (Å²) in [5.74, 6) is 1.29. The van der Waals surface area contributed by atoms with Crippen LogP contribution in [0.25, 0.3) is 6.08 Å². The standard InChI is InChI=1S/C19H20ClNO4/c1-23-16-10-8-13(18(24-2)19(16)25-3)9-11-17(22)21-12-14-6-4-5-7-15(14)20/h4-11H,12H2,1-3H3,(H,21,22). The van der Waals surface area contributed by atoms with Gasteiger partial charge < -0.3 is 19.5 Å². The Hall–Kier alpha value is -2.66. The first-order valence-electron chi connectivity index (χ1n) is 7.59. The fourth-order valence-electron chi connectivity index (χ4n) is 2.30. The van der Waals surface area contributed by atoms with E-state index in [0.717, 1.165) is 5.56 Å². The minimum atomic E-state index is -0.239. The molecule has 0 spiro atoms. The molecule has 0 heterocycles. The van der Waals surface area contributed by atoms with Crippen LogP contribution in [0.1, 0.15) is 11.1 Å². The second kappa shape index (κ2) is 8.99. The molecule has 0 aliphatic heterocycles. The SMILES string of the molecule is COc1ccc(C=CC(=O)NCc2ccccc2Cl)c(OC)c1OC. The first kappa shape index (κ1) is 18.7. The minimum absolute atomic E-state index is 0.239. The van der Waals surface area contributed by atoms with Crippen LogP contribution in [0.3, 0.4) is 0 Å². The Morgan fingerprint density at radius 3 is 2.40 bits per heavy atom. The molecule has 0 radical (unpaired) electrons. The second-order valence-electron chi connectivity index (χ2n) is 5.07. The van der Waals surface area contributed by atoms with Gasteiger partial charge in [-0.05, 0) is 29.8 Å². The Kier molecular flexibility index (Phi) is 6.71. The van der Waals surface area contributed by atoms with Gasteiger partial charge in [0.05, 0.1) is 21.3 Å². The molecule has 0 saturated carbocycles. The van der Waals surface area contributed by atoms with Gasteiger partial charge in [0, 0.05) is 23.2 Å². The average Bonchev–Trinajstić information content (AvgIpc) is 2.64. The van der Waals surface area contributed by atoms with E-state index in [1.165, 1.54) is 20.3 Å². The summed E-state index contributed by atoms with van der Waals surface area (Å²) in [5.41, 5.74) is 1.56. The second-order valence-corrected chi connectivity index (χ2v) is 5.47. The Labute approximate surface area is 152 Å². The Morgan fingerprint density at radius 2 is 1.76 bits per heavy atom. The first-order chi connectivity index (χ1) is 12.1. The highest BCUT2D eigenvalue weighted by Crippen LogP contribution is 2.40. The summed E-state index contributed by atoms with van der Waals surface area (Å²) in [5, 5.41) is 3.41. The van der Waals surface area contributed by atoms with Gasteiger partial charge >= 0.3 is 0 Å². The highest BCUT2D eigenvalue weighted by Gasteiger charge is 2.14. The molecule has 0 unspecified atom stereocenters. The quantitative estimate of drug-likeness (QED) is 0.764. The lowest BCUT2D eigenvalue weighted by Gasteiger charge is -2.14. The molecule has 2 aromatic rings. The van der Waals surface area contributed by atoms with E-state index in [0.29, 0.717) is 34.4 Å². The average molecular weight is 362 g/mol. The topological polar surface area (TPSA) is 56.8 Å². The van der Waals surface area contributed by atoms with Crippen molar-refractivity contribution in [3.63, 3.8) is 0 Å². The van der Waals surface area contributed by atoms with E-state index in [2.05, 4.69) is 5.32 Å². The largest absolute Gasteiger partial charge is 0.493 e. The maximum absolute atomic E-state index is 12.0. The van der Waals surface area contributed by atoms with Crippen LogP contribution in [0.5, 0.6) is 17.2 Å². The van der Waals surface area contributed by atoms with Crippen LogP contribution in [-0.2, 0) is 11.3 Å². The molecule has 1 amide bonds. The number of halogens is 1. The molecule has 6 heteroatoms. The summed E-state index contributed by atoms with van der Waals surface area (Å²) in [6, 6.07) is 10.9. The number of rotatable bonds is 7. The zero-order valence-corrected chi connectivity index (χ0v) is 15.1. The van der Waals surface area contributed by atoms with Crippen LogP contribution >= 0.6 is 11.6 Å². The van der Waals surface area contributed by atoms with Crippen molar-refractivity contribution in [1.29, 1.82) is 0 Å². The lowest BCUT2D eigenvalue weighted by Crippen LogP contribution is -2.20. The van der Waals surface area contributed by atoms with Crippen molar-refractivity contribution in [3.05, 3.63) is 58.6 Å². The van der Waals surface area contributed by atoms with Crippen molar-refractivity contribution in [2.75, 3.05) is 21.3 Å². The van der Waals surface area contributed by atoms with Gasteiger partial charge in [-0.1, -0.05) is 29.8 Å². The van der Waals surface area contributed by atoms with Gasteiger partial charge in [0.1, 0.15) is 0 Å². The van der Waals surface area contributed by atoms with E-state index >= 15 is 0 Å². The lowest BCUT2D eigenvalue weighted by atomic mass is 10.1. The number of nitrogens with one attached hydrogen (secondary N) is 1. The van der Waals surface area contributed by atoms with E-state index < -0.39 is 0 Å². The normalized spacial score (nSPS) is 10.6. The number of hydrogen-bond acceptors (Lipinski definition) is 4. The molecular weight excluding hydrogens is 342 g/mol. The number of benzene rings is 2. The summed E-state index contributed by atoms with van der Waals surface area (Å²) in [7, 11) is 4.62. The summed E-state index contributed by atoms with van der Waals surface area (Å²) >= 11 is 6.07. The van der Waals surface area contributed by atoms with Crippen molar-refractivity contribution in [3.8, 4) is 17.2 Å². The van der Waals surface area contributed by atoms with E-state index in [1.54, 1.807) is 31.4 Å². The number of methoxy groups -OCH3 is 3. The van der Waals surface area contributed by atoms with Crippen LogP contribution in [0.2, 0.25) is 5.02 Å². The summed E-state index contributed by atoms with van der Waals surface area (Å²) in [6.45, 7) is 0.353. The van der Waals surface area contributed by atoms with Crippen LogP contribution in [0, 0.1) is 0 Å². The molecule has 0 aromatic heterocycles. The Bertz CT molecular complexity index is 774. The summed E-state index contributed by atoms with van der Waals surface area (Å²) < 4.78 is 15.9. The van der Waals surface area contributed by atoms with Crippen LogP contribution in [-0.4, -0.2) is 27.2 Å². The molecule has 0 fully saturated rings. The molecule has 5 nitrogen and oxygen atoms in total. The summed E-state index contributed by atoms with van der Waals surface area (Å²) in [4.78, 5) is 12.0. The molecule has 0 aliphatic rings. The number of ether oxygens (including phenoxy) is 3. The highest BCUT2D eigenvalue weighted by atomic mass is 35.5. The Balaban J connectivity index is 2.10. The number of hydrogen-bond donors (Lipinski definition) is 1. The highest BCUT2D eigenvalue weighted by molar-refractivity contribution is 6.31. The van der Waals surface area contributed by atoms with Gasteiger partial charge in [-0.2, -0.15) is 0 Å². The van der Waals surface area contributed by atoms with Crippen molar-refractivity contribution in [1.82, 2.24) is 5.32 Å². The molecule has 1 N–H and O–H groups in total. The molecule has 0 aliphatic carbocycles. The smallest absolute Gasteiger partial charge is 0.244 e. The maximum atomic E-state index is 12.0. The molecule has 132 valence electrons. The zero-order valence-electron chi connectivity index (χ0n) is 14.3. The molecule has 0 saturated heterocycles. The van der Waals surface area contributed by atoms with E-state index in [4.69, 9.17) is 25.8 Å². The lowest BCUT2D eigenvalue weighted by molar-refractivity contribution is -0.116. The molecular formula is C19H20ClNO4. The third-order valence-corrected chi connectivity index (χ3v) is 3.93. The van der Waals surface area contributed by atoms with Crippen molar-refractivity contribution in [2.45, 2.75) is 6.54 Å². The third kappa shape index (κ3) is 4.67. The zero-order chi connectivity index (χ0) is 18.2. The molecule has 2 rings (SSSR count).